The van der Waals surface area contributed by atoms with Crippen molar-refractivity contribution < 1.29 is 46.1 Å². The van der Waals surface area contributed by atoms with E-state index >= 15 is 0 Å². The molecule has 31 heavy (non-hydrogen) atoms. The molecule has 0 fully saturated rings. The summed E-state index contributed by atoms with van der Waals surface area (Å²) in [5, 5.41) is 0. The van der Waals surface area contributed by atoms with E-state index in [0.717, 1.165) is 6.42 Å². The third-order valence-corrected chi connectivity index (χ3v) is 14.7. The van der Waals surface area contributed by atoms with Crippen LogP contribution < -0.4 is 24.8 Å². The molecule has 0 bridgehead atoms. The van der Waals surface area contributed by atoms with Crippen LogP contribution in [0.2, 0.25) is 3.63 Å². The van der Waals surface area contributed by atoms with Crippen molar-refractivity contribution in [1.82, 2.24) is 0 Å². The van der Waals surface area contributed by atoms with Crippen LogP contribution >= 0.6 is 0 Å². The fourth-order valence-corrected chi connectivity index (χ4v) is 14.1. The van der Waals surface area contributed by atoms with Gasteiger partial charge in [-0.3, -0.25) is 0 Å². The normalized spacial score (nSPS) is 18.8. The Hall–Kier alpha value is -1.27. The minimum atomic E-state index is -2.23. The molecular formula is C28H28Cl2Zr. The van der Waals surface area contributed by atoms with E-state index in [1.165, 1.54) is 42.4 Å². The van der Waals surface area contributed by atoms with Crippen molar-refractivity contribution in [3.63, 3.8) is 0 Å². The second-order valence-electron chi connectivity index (χ2n) is 8.44. The summed E-state index contributed by atoms with van der Waals surface area (Å²) in [6.07, 6.45) is 16.6. The first-order valence-electron chi connectivity index (χ1n) is 10.9. The Morgan fingerprint density at radius 3 is 2.03 bits per heavy atom. The maximum atomic E-state index is 2.60. The monoisotopic (exact) mass is 524 g/mol. The summed E-state index contributed by atoms with van der Waals surface area (Å²) in [6.45, 7) is 2.27. The van der Waals surface area contributed by atoms with Crippen molar-refractivity contribution in [3.05, 3.63) is 116 Å². The molecule has 0 saturated carbocycles. The summed E-state index contributed by atoms with van der Waals surface area (Å²) < 4.78 is 4.13. The molecule has 2 aromatic carbocycles. The number of allylic oxidation sites excluding steroid dienone is 8. The van der Waals surface area contributed by atoms with Gasteiger partial charge in [-0.2, -0.15) is 0 Å². The topological polar surface area (TPSA) is 0 Å². The zero-order chi connectivity index (χ0) is 19.6. The Morgan fingerprint density at radius 2 is 1.45 bits per heavy atom. The minimum Gasteiger partial charge on any atom is -1.00 e. The molecule has 0 saturated heterocycles. The zero-order valence-electron chi connectivity index (χ0n) is 18.0. The number of benzene rings is 2. The van der Waals surface area contributed by atoms with E-state index in [-0.39, 0.29) is 24.8 Å². The molecule has 1 atom stereocenters. The molecule has 0 spiro atoms. The first-order chi connectivity index (χ1) is 14.3. The summed E-state index contributed by atoms with van der Waals surface area (Å²) >= 11 is -2.23. The standard InChI is InChI=1S/C13H10.C9H11.C6H7.2ClH.Zr/c1-3-7-12(8-4-1)11-13-9-5-2-6-10-13;1-2-5-9-7-3-6-8(9)4-1;1-6-4-2-3-5-6;;;/h1-10H;3,6-7H,1-2,4-5H2;4-5H,2H2,1H3;2*1H;/q;;;;;+2/p-2. The van der Waals surface area contributed by atoms with Crippen LogP contribution in [-0.2, 0) is 21.3 Å². The quantitative estimate of drug-likeness (QED) is 0.565. The van der Waals surface area contributed by atoms with Gasteiger partial charge in [-0.15, -0.1) is 0 Å². The third kappa shape index (κ3) is 5.06. The Labute approximate surface area is 206 Å². The number of hydrogen-bond acceptors (Lipinski definition) is 0. The maximum absolute atomic E-state index is 2.60. The van der Waals surface area contributed by atoms with Gasteiger partial charge in [0.2, 0.25) is 0 Å². The van der Waals surface area contributed by atoms with Gasteiger partial charge in [0, 0.05) is 0 Å². The van der Waals surface area contributed by atoms with Crippen LogP contribution in [0.3, 0.4) is 0 Å². The van der Waals surface area contributed by atoms with Gasteiger partial charge in [0.05, 0.1) is 0 Å². The minimum absolute atomic E-state index is 0. The predicted octanol–water partition coefficient (Wildman–Crippen LogP) is 1.34. The molecule has 0 amide bonds. The van der Waals surface area contributed by atoms with E-state index in [1.54, 1.807) is 17.6 Å². The molecule has 2 aromatic rings. The van der Waals surface area contributed by atoms with Gasteiger partial charge < -0.3 is 24.8 Å². The van der Waals surface area contributed by atoms with Gasteiger partial charge in [-0.05, 0) is 0 Å². The largest absolute Gasteiger partial charge is 1.00 e. The molecule has 0 nitrogen and oxygen atoms in total. The Bertz CT molecular complexity index is 1030. The van der Waals surface area contributed by atoms with Crippen LogP contribution in [0.4, 0.5) is 0 Å². The molecule has 1 unspecified atom stereocenters. The van der Waals surface area contributed by atoms with Crippen LogP contribution in [0, 0.1) is 0 Å². The molecule has 3 aliphatic rings. The fourth-order valence-electron chi connectivity index (χ4n) is 5.15. The van der Waals surface area contributed by atoms with Gasteiger partial charge in [-0.25, -0.2) is 0 Å². The molecule has 0 aliphatic heterocycles. The van der Waals surface area contributed by atoms with E-state index in [2.05, 4.69) is 91.9 Å². The van der Waals surface area contributed by atoms with Crippen molar-refractivity contribution in [3.8, 4) is 0 Å². The summed E-state index contributed by atoms with van der Waals surface area (Å²) in [4.78, 5) is 0. The Balaban J connectivity index is 0.00000136. The predicted molar refractivity (Wildman–Crippen MR) is 121 cm³/mol. The molecule has 5 rings (SSSR count). The molecule has 3 heteroatoms. The van der Waals surface area contributed by atoms with E-state index in [9.17, 15) is 0 Å². The van der Waals surface area contributed by atoms with Crippen LogP contribution in [0.15, 0.2) is 105 Å². The van der Waals surface area contributed by atoms with Crippen molar-refractivity contribution in [2.45, 2.75) is 42.7 Å². The van der Waals surface area contributed by atoms with E-state index < -0.39 is 21.3 Å². The number of halogens is 2. The maximum Gasteiger partial charge on any atom is -1.00 e. The van der Waals surface area contributed by atoms with E-state index in [1.807, 2.05) is 0 Å². The van der Waals surface area contributed by atoms with E-state index in [0.29, 0.717) is 3.63 Å². The van der Waals surface area contributed by atoms with Gasteiger partial charge in [0.25, 0.3) is 0 Å². The van der Waals surface area contributed by atoms with Gasteiger partial charge in [0.1, 0.15) is 0 Å². The van der Waals surface area contributed by atoms with Crippen molar-refractivity contribution in [2.24, 2.45) is 0 Å². The molecule has 3 aliphatic carbocycles. The summed E-state index contributed by atoms with van der Waals surface area (Å²) in [6, 6.07) is 22.5. The molecule has 0 aromatic heterocycles. The molecular weight excluding hydrogens is 498 g/mol. The first kappa shape index (κ1) is 24.4. The number of rotatable bonds is 4. The van der Waals surface area contributed by atoms with Gasteiger partial charge in [-0.1, -0.05) is 0 Å². The molecule has 0 N–H and O–H groups in total. The summed E-state index contributed by atoms with van der Waals surface area (Å²) in [5.74, 6) is 0. The Morgan fingerprint density at radius 1 is 0.839 bits per heavy atom. The van der Waals surface area contributed by atoms with Crippen LogP contribution in [0.5, 0.6) is 0 Å². The average Bonchev–Trinajstić information content (AvgIpc) is 3.39. The second-order valence-corrected chi connectivity index (χ2v) is 14.8. The zero-order valence-corrected chi connectivity index (χ0v) is 21.9. The van der Waals surface area contributed by atoms with Crippen LogP contribution in [0.1, 0.15) is 50.2 Å². The smallest absolute Gasteiger partial charge is 1.00 e. The molecule has 158 valence electrons. The second kappa shape index (κ2) is 11.0. The summed E-state index contributed by atoms with van der Waals surface area (Å²) in [7, 11) is 0. The average molecular weight is 527 g/mol. The first-order valence-corrected chi connectivity index (χ1v) is 14.8. The van der Waals surface area contributed by atoms with Crippen molar-refractivity contribution in [1.29, 1.82) is 0 Å². The summed E-state index contributed by atoms with van der Waals surface area (Å²) in [5.41, 5.74) is 7.80. The number of hydrogen-bond donors (Lipinski definition) is 0. The van der Waals surface area contributed by atoms with Gasteiger partial charge in [0.15, 0.2) is 0 Å². The fraction of sp³-hybridized carbons (Fsp3) is 0.250. The molecule has 0 radical (unpaired) electrons. The SMILES string of the molecule is CC1=CC[C]([Zr+2](=[C](c2ccccc2)c2ccccc2)[CH]2C=CC3=C2CCCC3)=C1.[Cl-].[Cl-]. The molecule has 0 heterocycles. The van der Waals surface area contributed by atoms with Crippen LogP contribution in [-0.4, -0.2) is 3.21 Å². The van der Waals surface area contributed by atoms with Crippen molar-refractivity contribution in [2.75, 3.05) is 0 Å². The van der Waals surface area contributed by atoms with Crippen LogP contribution in [0.25, 0.3) is 0 Å². The third-order valence-electron chi connectivity index (χ3n) is 6.52. The van der Waals surface area contributed by atoms with E-state index in [4.69, 9.17) is 0 Å². The Kier molecular flexibility index (Phi) is 8.68. The van der Waals surface area contributed by atoms with Crippen molar-refractivity contribution >= 4 is 3.21 Å². The van der Waals surface area contributed by atoms with Gasteiger partial charge >= 0.3 is 183 Å².